The molecule has 1 aliphatic heterocycles. The van der Waals surface area contributed by atoms with Crippen molar-refractivity contribution in [1.29, 1.82) is 0 Å². The van der Waals surface area contributed by atoms with Gasteiger partial charge in [-0.1, -0.05) is 11.6 Å². The third-order valence-electron chi connectivity index (χ3n) is 5.15. The first-order valence-electron chi connectivity index (χ1n) is 9.73. The highest BCUT2D eigenvalue weighted by molar-refractivity contribution is 7.99. The van der Waals surface area contributed by atoms with Crippen LogP contribution < -0.4 is 15.8 Å². The number of nitrogen functional groups attached to an aromatic ring is 1. The van der Waals surface area contributed by atoms with Crippen LogP contribution in [0.2, 0.25) is 5.02 Å². The Bertz CT molecular complexity index is 859. The molecule has 2 heterocycles. The second-order valence-electron chi connectivity index (χ2n) is 7.05. The third kappa shape index (κ3) is 6.72. The van der Waals surface area contributed by atoms with Gasteiger partial charge in [0.15, 0.2) is 0 Å². The molecule has 10 heteroatoms. The first kappa shape index (κ1) is 25.2. The number of pyridine rings is 1. The molecule has 1 fully saturated rings. The molecule has 170 valence electrons. The van der Waals surface area contributed by atoms with E-state index in [4.69, 9.17) is 26.8 Å². The summed E-state index contributed by atoms with van der Waals surface area (Å²) in [5.74, 6) is 1.13. The number of rotatable bonds is 8. The average Bonchev–Trinajstić information content (AvgIpc) is 2.76. The number of ether oxygens (including phenoxy) is 2. The van der Waals surface area contributed by atoms with E-state index in [9.17, 15) is 4.79 Å². The zero-order chi connectivity index (χ0) is 21.5. The summed E-state index contributed by atoms with van der Waals surface area (Å²) in [7, 11) is 3.18. The molecule has 1 aromatic carbocycles. The summed E-state index contributed by atoms with van der Waals surface area (Å²) < 4.78 is 11.0. The van der Waals surface area contributed by atoms with Crippen molar-refractivity contribution in [3.05, 3.63) is 47.2 Å². The van der Waals surface area contributed by atoms with Crippen LogP contribution in [-0.2, 0) is 4.74 Å². The molecule has 5 N–H and O–H groups in total. The second kappa shape index (κ2) is 12.1. The van der Waals surface area contributed by atoms with E-state index in [1.807, 2.05) is 23.9 Å². The van der Waals surface area contributed by atoms with E-state index in [2.05, 4.69) is 15.2 Å². The Morgan fingerprint density at radius 2 is 2.10 bits per heavy atom. The van der Waals surface area contributed by atoms with Gasteiger partial charge in [-0.25, -0.2) is 0 Å². The van der Waals surface area contributed by atoms with Gasteiger partial charge in [0.05, 0.1) is 35.5 Å². The lowest BCUT2D eigenvalue weighted by molar-refractivity contribution is 0.00834. The molecule has 0 bridgehead atoms. The molecule has 0 spiro atoms. The normalized spacial score (nSPS) is 18.8. The molecule has 1 saturated heterocycles. The highest BCUT2D eigenvalue weighted by Crippen LogP contribution is 2.29. The number of nitrogens with one attached hydrogen (secondary N) is 1. The Morgan fingerprint density at radius 1 is 1.35 bits per heavy atom. The van der Waals surface area contributed by atoms with Crippen LogP contribution in [0, 0.1) is 0 Å². The SMILES string of the molecule is COc1cc(N)c(Cl)cc1C(=O)N[C@H]1CCN(CCSc2ccncc2)C[C@H]1OC.O. The van der Waals surface area contributed by atoms with E-state index in [0.717, 1.165) is 31.8 Å². The number of hydrogen-bond acceptors (Lipinski definition) is 7. The van der Waals surface area contributed by atoms with E-state index in [1.54, 1.807) is 31.6 Å². The smallest absolute Gasteiger partial charge is 0.255 e. The zero-order valence-electron chi connectivity index (χ0n) is 17.6. The molecule has 2 aromatic rings. The number of hydrogen-bond donors (Lipinski definition) is 2. The van der Waals surface area contributed by atoms with Gasteiger partial charge in [0, 0.05) is 55.9 Å². The third-order valence-corrected chi connectivity index (χ3v) is 6.47. The van der Waals surface area contributed by atoms with E-state index >= 15 is 0 Å². The number of amides is 1. The van der Waals surface area contributed by atoms with Crippen LogP contribution in [0.4, 0.5) is 5.69 Å². The van der Waals surface area contributed by atoms with E-state index in [0.29, 0.717) is 22.0 Å². The molecule has 0 radical (unpaired) electrons. The molecule has 1 aliphatic rings. The van der Waals surface area contributed by atoms with E-state index in [1.165, 1.54) is 12.0 Å². The lowest BCUT2D eigenvalue weighted by Gasteiger charge is -2.38. The minimum atomic E-state index is -0.248. The first-order valence-corrected chi connectivity index (χ1v) is 11.1. The fraction of sp³-hybridized carbons (Fsp3) is 0.429. The summed E-state index contributed by atoms with van der Waals surface area (Å²) in [5.41, 5.74) is 6.55. The van der Waals surface area contributed by atoms with Crippen molar-refractivity contribution in [2.24, 2.45) is 0 Å². The second-order valence-corrected chi connectivity index (χ2v) is 8.62. The van der Waals surface area contributed by atoms with Crippen LogP contribution in [-0.4, -0.2) is 73.0 Å². The number of likely N-dealkylation sites (tertiary alicyclic amines) is 1. The largest absolute Gasteiger partial charge is 0.496 e. The van der Waals surface area contributed by atoms with Gasteiger partial charge in [0.2, 0.25) is 0 Å². The van der Waals surface area contributed by atoms with Crippen molar-refractivity contribution < 1.29 is 19.7 Å². The van der Waals surface area contributed by atoms with Gasteiger partial charge in [0.25, 0.3) is 5.91 Å². The quantitative estimate of drug-likeness (QED) is 0.449. The van der Waals surface area contributed by atoms with Crippen LogP contribution in [0.15, 0.2) is 41.6 Å². The number of carbonyl (C=O) groups excluding carboxylic acids is 1. The molecular weight excluding hydrogens is 440 g/mol. The van der Waals surface area contributed by atoms with Crippen molar-refractivity contribution in [3.63, 3.8) is 0 Å². The highest BCUT2D eigenvalue weighted by atomic mass is 35.5. The average molecular weight is 469 g/mol. The Labute approximate surface area is 191 Å². The van der Waals surface area contributed by atoms with Gasteiger partial charge in [-0.05, 0) is 24.6 Å². The number of nitrogens with two attached hydrogens (primary N) is 1. The molecule has 0 aliphatic carbocycles. The standard InChI is InChI=1S/C21H27ClN4O3S.H2O/c1-28-19-12-17(23)16(22)11-15(19)21(27)25-18-5-8-26(13-20(18)29-2)9-10-30-14-3-6-24-7-4-14;/h3-4,6-7,11-12,18,20H,5,8-10,13,23H2,1-2H3,(H,25,27);1H2/t18-,20+;/m0./s1. The summed E-state index contributed by atoms with van der Waals surface area (Å²) in [5, 5.41) is 3.40. The van der Waals surface area contributed by atoms with Gasteiger partial charge in [-0.15, -0.1) is 11.8 Å². The summed E-state index contributed by atoms with van der Waals surface area (Å²) in [6.45, 7) is 2.61. The zero-order valence-corrected chi connectivity index (χ0v) is 19.2. The minimum Gasteiger partial charge on any atom is -0.496 e. The van der Waals surface area contributed by atoms with Crippen LogP contribution >= 0.6 is 23.4 Å². The number of thioether (sulfide) groups is 1. The topological polar surface area (TPSA) is 121 Å². The number of halogens is 1. The van der Waals surface area contributed by atoms with Crippen molar-refractivity contribution in [2.45, 2.75) is 23.5 Å². The Balaban J connectivity index is 0.00000341. The molecule has 2 atom stereocenters. The highest BCUT2D eigenvalue weighted by Gasteiger charge is 2.31. The maximum Gasteiger partial charge on any atom is 0.255 e. The van der Waals surface area contributed by atoms with Gasteiger partial charge in [-0.2, -0.15) is 0 Å². The monoisotopic (exact) mass is 468 g/mol. The molecular formula is C21H29ClN4O4S. The van der Waals surface area contributed by atoms with Crippen LogP contribution in [0.1, 0.15) is 16.8 Å². The van der Waals surface area contributed by atoms with Gasteiger partial charge >= 0.3 is 0 Å². The number of anilines is 1. The molecule has 3 rings (SSSR count). The Morgan fingerprint density at radius 3 is 2.77 bits per heavy atom. The predicted octanol–water partition coefficient (Wildman–Crippen LogP) is 2.11. The van der Waals surface area contributed by atoms with Crippen LogP contribution in [0.25, 0.3) is 0 Å². The maximum absolute atomic E-state index is 12.9. The molecule has 31 heavy (non-hydrogen) atoms. The summed E-state index contributed by atoms with van der Waals surface area (Å²) in [4.78, 5) is 20.5. The lowest BCUT2D eigenvalue weighted by Crippen LogP contribution is -2.55. The summed E-state index contributed by atoms with van der Waals surface area (Å²) >= 11 is 7.91. The van der Waals surface area contributed by atoms with Crippen molar-refractivity contribution >= 4 is 35.0 Å². The number of carbonyl (C=O) groups is 1. The fourth-order valence-electron chi connectivity index (χ4n) is 3.48. The number of nitrogens with zero attached hydrogens (tertiary/aromatic N) is 2. The number of aromatic nitrogens is 1. The van der Waals surface area contributed by atoms with Gasteiger partial charge in [-0.3, -0.25) is 14.7 Å². The van der Waals surface area contributed by atoms with Crippen LogP contribution in [0.5, 0.6) is 5.75 Å². The Hall–Kier alpha value is -2.04. The molecule has 0 saturated carbocycles. The molecule has 1 amide bonds. The number of methoxy groups -OCH3 is 2. The lowest BCUT2D eigenvalue weighted by atomic mass is 10.0. The molecule has 0 unspecified atom stereocenters. The predicted molar refractivity (Wildman–Crippen MR) is 124 cm³/mol. The van der Waals surface area contributed by atoms with Crippen molar-refractivity contribution in [3.8, 4) is 5.75 Å². The van der Waals surface area contributed by atoms with Crippen molar-refractivity contribution in [1.82, 2.24) is 15.2 Å². The van der Waals surface area contributed by atoms with E-state index < -0.39 is 0 Å². The van der Waals surface area contributed by atoms with Gasteiger partial charge < -0.3 is 26.0 Å². The summed E-state index contributed by atoms with van der Waals surface area (Å²) in [6, 6.07) is 7.05. The van der Waals surface area contributed by atoms with E-state index in [-0.39, 0.29) is 23.5 Å². The maximum atomic E-state index is 12.9. The van der Waals surface area contributed by atoms with Gasteiger partial charge in [0.1, 0.15) is 5.75 Å². The fourth-order valence-corrected chi connectivity index (χ4v) is 4.54. The number of benzene rings is 1. The Kier molecular flexibility index (Phi) is 9.86. The summed E-state index contributed by atoms with van der Waals surface area (Å²) in [6.07, 6.45) is 4.32. The first-order chi connectivity index (χ1) is 14.5. The molecule has 8 nitrogen and oxygen atoms in total. The van der Waals surface area contributed by atoms with Crippen LogP contribution in [0.3, 0.4) is 0 Å². The molecule has 1 aromatic heterocycles. The van der Waals surface area contributed by atoms with Crippen molar-refractivity contribution in [2.75, 3.05) is 45.3 Å². The number of piperidine rings is 1. The minimum absolute atomic E-state index is 0.